The minimum atomic E-state index is -0.474. The molecule has 5 heteroatoms. The number of carbonyl (C=O) groups is 1. The van der Waals surface area contributed by atoms with Crippen molar-refractivity contribution in [2.24, 2.45) is 0 Å². The summed E-state index contributed by atoms with van der Waals surface area (Å²) in [6.45, 7) is 2.06. The maximum atomic E-state index is 12.0. The van der Waals surface area contributed by atoms with Crippen molar-refractivity contribution < 1.29 is 9.72 Å². The van der Waals surface area contributed by atoms with E-state index in [0.29, 0.717) is 11.3 Å². The number of hydrogen-bond acceptors (Lipinski definition) is 3. The zero-order chi connectivity index (χ0) is 15.2. The van der Waals surface area contributed by atoms with Crippen LogP contribution in [0.25, 0.3) is 0 Å². The molecule has 1 N–H and O–H groups in total. The Bertz CT molecular complexity index is 651. The van der Waals surface area contributed by atoms with Gasteiger partial charge in [0.2, 0.25) is 5.91 Å². The van der Waals surface area contributed by atoms with Crippen LogP contribution in [0.1, 0.15) is 18.1 Å². The molecule has 21 heavy (non-hydrogen) atoms. The van der Waals surface area contributed by atoms with E-state index in [-0.39, 0.29) is 18.0 Å². The zero-order valence-electron chi connectivity index (χ0n) is 11.7. The fourth-order valence-electron chi connectivity index (χ4n) is 2.04. The minimum absolute atomic E-state index is 0.0211. The van der Waals surface area contributed by atoms with Gasteiger partial charge in [0.25, 0.3) is 5.69 Å². The average Bonchev–Trinajstić information content (AvgIpc) is 2.48. The third-order valence-corrected chi connectivity index (χ3v) is 3.19. The largest absolute Gasteiger partial charge is 0.326 e. The highest BCUT2D eigenvalue weighted by molar-refractivity contribution is 5.92. The van der Waals surface area contributed by atoms with Crippen molar-refractivity contribution in [3.63, 3.8) is 0 Å². The van der Waals surface area contributed by atoms with Gasteiger partial charge in [-0.05, 0) is 24.1 Å². The van der Waals surface area contributed by atoms with Crippen LogP contribution in [-0.4, -0.2) is 10.8 Å². The Hall–Kier alpha value is -2.69. The summed E-state index contributed by atoms with van der Waals surface area (Å²) in [5.74, 6) is -0.270. The Balaban J connectivity index is 2.06. The van der Waals surface area contributed by atoms with Crippen LogP contribution < -0.4 is 5.32 Å². The Morgan fingerprint density at radius 1 is 1.14 bits per heavy atom. The predicted molar refractivity (Wildman–Crippen MR) is 81.3 cm³/mol. The molecule has 0 spiro atoms. The summed E-state index contributed by atoms with van der Waals surface area (Å²) in [7, 11) is 0. The molecule has 0 bridgehead atoms. The second kappa shape index (κ2) is 6.65. The third kappa shape index (κ3) is 3.89. The molecule has 0 radical (unpaired) electrons. The number of hydrogen-bond donors (Lipinski definition) is 1. The SMILES string of the molecule is CCc1ccc(NC(=O)Cc2ccccc2[N+](=O)[O-])cc1. The van der Waals surface area contributed by atoms with Gasteiger partial charge < -0.3 is 5.32 Å². The molecule has 2 aromatic carbocycles. The van der Waals surface area contributed by atoms with E-state index in [1.807, 2.05) is 24.3 Å². The van der Waals surface area contributed by atoms with Crippen LogP contribution in [0.3, 0.4) is 0 Å². The van der Waals surface area contributed by atoms with Gasteiger partial charge in [0.15, 0.2) is 0 Å². The average molecular weight is 284 g/mol. The van der Waals surface area contributed by atoms with Crippen LogP contribution in [0.15, 0.2) is 48.5 Å². The Kier molecular flexibility index (Phi) is 4.66. The number of carbonyl (C=O) groups excluding carboxylic acids is 1. The first-order chi connectivity index (χ1) is 10.1. The maximum Gasteiger partial charge on any atom is 0.273 e. The number of amides is 1. The highest BCUT2D eigenvalue weighted by Gasteiger charge is 2.15. The lowest BCUT2D eigenvalue weighted by Crippen LogP contribution is -2.15. The molecule has 0 unspecified atom stereocenters. The molecule has 1 amide bonds. The van der Waals surface area contributed by atoms with Crippen molar-refractivity contribution in [3.05, 3.63) is 69.8 Å². The number of nitrogens with zero attached hydrogens (tertiary/aromatic N) is 1. The maximum absolute atomic E-state index is 12.0. The zero-order valence-corrected chi connectivity index (χ0v) is 11.7. The van der Waals surface area contributed by atoms with Gasteiger partial charge >= 0.3 is 0 Å². The van der Waals surface area contributed by atoms with Crippen molar-refractivity contribution in [3.8, 4) is 0 Å². The molecule has 0 saturated heterocycles. The van der Waals surface area contributed by atoms with Crippen molar-refractivity contribution >= 4 is 17.3 Å². The number of nitro groups is 1. The molecule has 2 aromatic rings. The molecule has 2 rings (SSSR count). The summed E-state index contributed by atoms with van der Waals surface area (Å²) >= 11 is 0. The highest BCUT2D eigenvalue weighted by atomic mass is 16.6. The molecule has 0 aliphatic carbocycles. The molecule has 0 saturated carbocycles. The second-order valence-electron chi connectivity index (χ2n) is 4.66. The molecular weight excluding hydrogens is 268 g/mol. The first-order valence-corrected chi connectivity index (χ1v) is 6.71. The van der Waals surface area contributed by atoms with E-state index in [1.54, 1.807) is 18.2 Å². The molecule has 0 fully saturated rings. The van der Waals surface area contributed by atoms with Gasteiger partial charge in [-0.1, -0.05) is 37.3 Å². The van der Waals surface area contributed by atoms with Gasteiger partial charge in [0, 0.05) is 17.3 Å². The molecule has 0 aliphatic rings. The first kappa shape index (κ1) is 14.7. The summed E-state index contributed by atoms with van der Waals surface area (Å²) in [4.78, 5) is 22.4. The second-order valence-corrected chi connectivity index (χ2v) is 4.66. The van der Waals surface area contributed by atoms with E-state index < -0.39 is 4.92 Å². The van der Waals surface area contributed by atoms with Crippen LogP contribution in [0.4, 0.5) is 11.4 Å². The summed E-state index contributed by atoms with van der Waals surface area (Å²) in [5.41, 5.74) is 2.25. The lowest BCUT2D eigenvalue weighted by atomic mass is 10.1. The van der Waals surface area contributed by atoms with Gasteiger partial charge in [0.1, 0.15) is 0 Å². The van der Waals surface area contributed by atoms with Crippen LogP contribution in [0, 0.1) is 10.1 Å². The van der Waals surface area contributed by atoms with Crippen molar-refractivity contribution in [2.45, 2.75) is 19.8 Å². The topological polar surface area (TPSA) is 72.2 Å². The quantitative estimate of drug-likeness (QED) is 0.676. The number of nitrogens with one attached hydrogen (secondary N) is 1. The number of benzene rings is 2. The number of nitro benzene ring substituents is 1. The van der Waals surface area contributed by atoms with Crippen LogP contribution in [0.2, 0.25) is 0 Å². The molecule has 5 nitrogen and oxygen atoms in total. The smallest absolute Gasteiger partial charge is 0.273 e. The predicted octanol–water partition coefficient (Wildman–Crippen LogP) is 3.34. The summed E-state index contributed by atoms with van der Waals surface area (Å²) in [5, 5.41) is 13.7. The van der Waals surface area contributed by atoms with Gasteiger partial charge in [-0.15, -0.1) is 0 Å². The molecular formula is C16H16N2O3. The van der Waals surface area contributed by atoms with Crippen molar-refractivity contribution in [1.29, 1.82) is 0 Å². The van der Waals surface area contributed by atoms with E-state index in [2.05, 4.69) is 12.2 Å². The van der Waals surface area contributed by atoms with E-state index in [0.717, 1.165) is 6.42 Å². The number of para-hydroxylation sites is 1. The summed E-state index contributed by atoms with van der Waals surface area (Å²) in [6.07, 6.45) is 0.914. The van der Waals surface area contributed by atoms with E-state index >= 15 is 0 Å². The molecule has 0 aromatic heterocycles. The first-order valence-electron chi connectivity index (χ1n) is 6.71. The molecule has 0 aliphatic heterocycles. The third-order valence-electron chi connectivity index (χ3n) is 3.19. The van der Waals surface area contributed by atoms with Crippen LogP contribution >= 0.6 is 0 Å². The molecule has 0 heterocycles. The lowest BCUT2D eigenvalue weighted by Gasteiger charge is -2.06. The van der Waals surface area contributed by atoms with E-state index in [4.69, 9.17) is 0 Å². The molecule has 108 valence electrons. The van der Waals surface area contributed by atoms with Crippen LogP contribution in [0.5, 0.6) is 0 Å². The fraction of sp³-hybridized carbons (Fsp3) is 0.188. The highest BCUT2D eigenvalue weighted by Crippen LogP contribution is 2.19. The monoisotopic (exact) mass is 284 g/mol. The Labute approximate surface area is 122 Å². The number of rotatable bonds is 5. The van der Waals surface area contributed by atoms with Gasteiger partial charge in [-0.25, -0.2) is 0 Å². The van der Waals surface area contributed by atoms with E-state index in [1.165, 1.54) is 11.6 Å². The number of anilines is 1. The summed E-state index contributed by atoms with van der Waals surface area (Å²) in [6, 6.07) is 13.8. The number of aryl methyl sites for hydroxylation is 1. The van der Waals surface area contributed by atoms with Crippen molar-refractivity contribution in [1.82, 2.24) is 0 Å². The lowest BCUT2D eigenvalue weighted by molar-refractivity contribution is -0.385. The van der Waals surface area contributed by atoms with Gasteiger partial charge in [0.05, 0.1) is 11.3 Å². The van der Waals surface area contributed by atoms with Crippen LogP contribution in [-0.2, 0) is 17.6 Å². The molecule has 0 atom stereocenters. The van der Waals surface area contributed by atoms with Gasteiger partial charge in [-0.3, -0.25) is 14.9 Å². The Morgan fingerprint density at radius 2 is 1.81 bits per heavy atom. The standard InChI is InChI=1S/C16H16N2O3/c1-2-12-7-9-14(10-8-12)17-16(19)11-13-5-3-4-6-15(13)18(20)21/h3-10H,2,11H2,1H3,(H,17,19). The van der Waals surface area contributed by atoms with Crippen molar-refractivity contribution in [2.75, 3.05) is 5.32 Å². The Morgan fingerprint density at radius 3 is 2.43 bits per heavy atom. The minimum Gasteiger partial charge on any atom is -0.326 e. The van der Waals surface area contributed by atoms with Gasteiger partial charge in [-0.2, -0.15) is 0 Å². The summed E-state index contributed by atoms with van der Waals surface area (Å²) < 4.78 is 0. The van der Waals surface area contributed by atoms with E-state index in [9.17, 15) is 14.9 Å². The normalized spacial score (nSPS) is 10.1. The fourth-order valence-corrected chi connectivity index (χ4v) is 2.04.